The van der Waals surface area contributed by atoms with Gasteiger partial charge in [-0.15, -0.1) is 0 Å². The zero-order valence-corrected chi connectivity index (χ0v) is 16.0. The fourth-order valence-corrected chi connectivity index (χ4v) is 2.92. The molecule has 0 aromatic heterocycles. The number of nitro groups is 1. The first-order valence-electron chi connectivity index (χ1n) is 7.73. The SMILES string of the molecule is COc1ccc([N+](=O)[O-])cc1NC(=O)c1ccc(C)c(N(C)S(C)(=O)=O)c1. The van der Waals surface area contributed by atoms with Crippen LogP contribution in [0.2, 0.25) is 0 Å². The number of aryl methyl sites for hydroxylation is 1. The summed E-state index contributed by atoms with van der Waals surface area (Å²) in [6.45, 7) is 1.72. The van der Waals surface area contributed by atoms with Gasteiger partial charge in [-0.2, -0.15) is 0 Å². The van der Waals surface area contributed by atoms with E-state index in [1.807, 2.05) is 0 Å². The minimum absolute atomic E-state index is 0.135. The normalized spacial score (nSPS) is 11.0. The van der Waals surface area contributed by atoms with Gasteiger partial charge in [-0.25, -0.2) is 8.42 Å². The van der Waals surface area contributed by atoms with Crippen LogP contribution in [0.25, 0.3) is 0 Å². The molecule has 2 aromatic carbocycles. The monoisotopic (exact) mass is 393 g/mol. The Bertz CT molecular complexity index is 1000. The third-order valence-corrected chi connectivity index (χ3v) is 5.14. The van der Waals surface area contributed by atoms with Gasteiger partial charge in [0.2, 0.25) is 10.0 Å². The van der Waals surface area contributed by atoms with Gasteiger partial charge in [0.1, 0.15) is 5.75 Å². The summed E-state index contributed by atoms with van der Waals surface area (Å²) < 4.78 is 29.8. The lowest BCUT2D eigenvalue weighted by atomic mass is 10.1. The summed E-state index contributed by atoms with van der Waals surface area (Å²) in [4.78, 5) is 23.0. The number of methoxy groups -OCH3 is 1. The van der Waals surface area contributed by atoms with Crippen LogP contribution < -0.4 is 14.4 Å². The number of nitrogens with one attached hydrogen (secondary N) is 1. The predicted octanol–water partition coefficient (Wildman–Crippen LogP) is 2.56. The van der Waals surface area contributed by atoms with Crippen molar-refractivity contribution in [2.24, 2.45) is 0 Å². The van der Waals surface area contributed by atoms with Crippen molar-refractivity contribution in [1.29, 1.82) is 0 Å². The topological polar surface area (TPSA) is 119 Å². The minimum atomic E-state index is -3.50. The third-order valence-electron chi connectivity index (χ3n) is 3.95. The Balaban J connectivity index is 2.40. The fourth-order valence-electron chi connectivity index (χ4n) is 2.37. The van der Waals surface area contributed by atoms with Crippen molar-refractivity contribution in [3.63, 3.8) is 0 Å². The minimum Gasteiger partial charge on any atom is -0.495 e. The molecule has 1 N–H and O–H groups in total. The van der Waals surface area contributed by atoms with E-state index in [9.17, 15) is 23.3 Å². The Labute approximate surface area is 156 Å². The fraction of sp³-hybridized carbons (Fsp3) is 0.235. The molecular weight excluding hydrogens is 374 g/mol. The van der Waals surface area contributed by atoms with Crippen LogP contribution in [0.5, 0.6) is 5.75 Å². The molecule has 144 valence electrons. The summed E-state index contributed by atoms with van der Waals surface area (Å²) >= 11 is 0. The number of carbonyl (C=O) groups excluding carboxylic acids is 1. The zero-order chi connectivity index (χ0) is 20.4. The van der Waals surface area contributed by atoms with Crippen LogP contribution in [0.4, 0.5) is 17.1 Å². The molecule has 0 saturated carbocycles. The van der Waals surface area contributed by atoms with Crippen LogP contribution in [0.15, 0.2) is 36.4 Å². The van der Waals surface area contributed by atoms with Crippen LogP contribution in [0.3, 0.4) is 0 Å². The lowest BCUT2D eigenvalue weighted by Crippen LogP contribution is -2.26. The molecule has 9 nitrogen and oxygen atoms in total. The van der Waals surface area contributed by atoms with E-state index in [1.54, 1.807) is 13.0 Å². The molecule has 1 amide bonds. The Morgan fingerprint density at radius 1 is 1.22 bits per heavy atom. The van der Waals surface area contributed by atoms with E-state index in [2.05, 4.69) is 5.32 Å². The smallest absolute Gasteiger partial charge is 0.271 e. The second-order valence-corrected chi connectivity index (χ2v) is 7.84. The number of hydrogen-bond acceptors (Lipinski definition) is 6. The second-order valence-electron chi connectivity index (χ2n) is 5.83. The van der Waals surface area contributed by atoms with E-state index in [-0.39, 0.29) is 22.7 Å². The maximum absolute atomic E-state index is 12.6. The summed E-state index contributed by atoms with van der Waals surface area (Å²) in [6, 6.07) is 8.43. The Kier molecular flexibility index (Phi) is 5.69. The van der Waals surface area contributed by atoms with Crippen molar-refractivity contribution in [2.75, 3.05) is 30.0 Å². The Morgan fingerprint density at radius 2 is 1.89 bits per heavy atom. The van der Waals surface area contributed by atoms with Crippen molar-refractivity contribution in [1.82, 2.24) is 0 Å². The molecule has 2 aromatic rings. The van der Waals surface area contributed by atoms with Crippen molar-refractivity contribution >= 4 is 33.0 Å². The molecule has 0 atom stereocenters. The highest BCUT2D eigenvalue weighted by Crippen LogP contribution is 2.30. The maximum atomic E-state index is 12.6. The van der Waals surface area contributed by atoms with Gasteiger partial charge < -0.3 is 10.1 Å². The van der Waals surface area contributed by atoms with Gasteiger partial charge >= 0.3 is 0 Å². The van der Waals surface area contributed by atoms with E-state index < -0.39 is 20.9 Å². The molecule has 27 heavy (non-hydrogen) atoms. The van der Waals surface area contributed by atoms with Crippen molar-refractivity contribution in [2.45, 2.75) is 6.92 Å². The summed E-state index contributed by atoms with van der Waals surface area (Å²) in [6.07, 6.45) is 1.06. The standard InChI is InChI=1S/C17H19N3O6S/c1-11-5-6-12(9-15(11)19(2)27(4,24)25)17(21)18-14-10-13(20(22)23)7-8-16(14)26-3/h5-10H,1-4H3,(H,18,21). The number of sulfonamides is 1. The number of rotatable bonds is 6. The Morgan fingerprint density at radius 3 is 2.44 bits per heavy atom. The van der Waals surface area contributed by atoms with Gasteiger partial charge in [0.25, 0.3) is 11.6 Å². The number of carbonyl (C=O) groups is 1. The van der Waals surface area contributed by atoms with E-state index in [0.717, 1.165) is 10.6 Å². The number of non-ortho nitro benzene ring substituents is 1. The van der Waals surface area contributed by atoms with Crippen molar-refractivity contribution < 1.29 is 22.9 Å². The number of ether oxygens (including phenoxy) is 1. The quantitative estimate of drug-likeness (QED) is 0.595. The number of anilines is 2. The van der Waals surface area contributed by atoms with Gasteiger partial charge in [0.15, 0.2) is 0 Å². The summed E-state index contributed by atoms with van der Waals surface area (Å²) in [5, 5.41) is 13.5. The summed E-state index contributed by atoms with van der Waals surface area (Å²) in [5.41, 5.74) is 1.16. The molecule has 10 heteroatoms. The molecule has 0 aliphatic rings. The molecule has 0 aliphatic carbocycles. The summed E-state index contributed by atoms with van der Waals surface area (Å²) in [7, 11) is -0.730. The van der Waals surface area contributed by atoms with Crippen molar-refractivity contribution in [3.05, 3.63) is 57.6 Å². The maximum Gasteiger partial charge on any atom is 0.271 e. The predicted molar refractivity (Wildman–Crippen MR) is 102 cm³/mol. The Hall–Kier alpha value is -3.14. The molecule has 0 aliphatic heterocycles. The number of hydrogen-bond donors (Lipinski definition) is 1. The number of benzene rings is 2. The highest BCUT2D eigenvalue weighted by molar-refractivity contribution is 7.92. The lowest BCUT2D eigenvalue weighted by molar-refractivity contribution is -0.384. The number of amides is 1. The van der Waals surface area contributed by atoms with Crippen LogP contribution in [-0.4, -0.2) is 39.7 Å². The molecule has 0 radical (unpaired) electrons. The van der Waals surface area contributed by atoms with E-state index in [1.165, 1.54) is 44.5 Å². The molecule has 0 spiro atoms. The van der Waals surface area contributed by atoms with Crippen LogP contribution in [0.1, 0.15) is 15.9 Å². The second kappa shape index (κ2) is 7.62. The van der Waals surface area contributed by atoms with Crippen LogP contribution >= 0.6 is 0 Å². The van der Waals surface area contributed by atoms with Gasteiger partial charge in [0, 0.05) is 24.7 Å². The van der Waals surface area contributed by atoms with Crippen molar-refractivity contribution in [3.8, 4) is 5.75 Å². The highest BCUT2D eigenvalue weighted by atomic mass is 32.2. The van der Waals surface area contributed by atoms with Crippen LogP contribution in [0, 0.1) is 17.0 Å². The first-order chi connectivity index (χ1) is 12.5. The lowest BCUT2D eigenvalue weighted by Gasteiger charge is -2.20. The largest absolute Gasteiger partial charge is 0.495 e. The summed E-state index contributed by atoms with van der Waals surface area (Å²) in [5.74, 6) is -0.300. The van der Waals surface area contributed by atoms with Gasteiger partial charge in [-0.1, -0.05) is 6.07 Å². The molecule has 0 bridgehead atoms. The van der Waals surface area contributed by atoms with Gasteiger partial charge in [-0.05, 0) is 30.7 Å². The molecule has 2 rings (SSSR count). The first kappa shape index (κ1) is 20.2. The highest BCUT2D eigenvalue weighted by Gasteiger charge is 2.18. The van der Waals surface area contributed by atoms with Gasteiger partial charge in [0.05, 0.1) is 29.7 Å². The molecule has 0 fully saturated rings. The van der Waals surface area contributed by atoms with Gasteiger partial charge in [-0.3, -0.25) is 19.2 Å². The average molecular weight is 393 g/mol. The molecule has 0 unspecified atom stereocenters. The molecule has 0 heterocycles. The van der Waals surface area contributed by atoms with E-state index >= 15 is 0 Å². The van der Waals surface area contributed by atoms with Crippen LogP contribution in [-0.2, 0) is 10.0 Å². The average Bonchev–Trinajstić information content (AvgIpc) is 2.60. The first-order valence-corrected chi connectivity index (χ1v) is 9.57. The number of nitro benzene ring substituents is 1. The number of nitrogens with zero attached hydrogens (tertiary/aromatic N) is 2. The third kappa shape index (κ3) is 4.53. The van der Waals surface area contributed by atoms with E-state index in [4.69, 9.17) is 4.74 Å². The zero-order valence-electron chi connectivity index (χ0n) is 15.2. The molecule has 0 saturated heterocycles. The van der Waals surface area contributed by atoms with E-state index in [0.29, 0.717) is 11.3 Å². The molecular formula is C17H19N3O6S.